The topological polar surface area (TPSA) is 81.7 Å². The molecule has 0 radical (unpaired) electrons. The quantitative estimate of drug-likeness (QED) is 0.571. The van der Waals surface area contributed by atoms with E-state index in [1.807, 2.05) is 6.07 Å². The minimum atomic E-state index is -0.369. The number of rotatable bonds is 7. The average molecular weight is 420 g/mol. The molecular formula is C19H18ClN3O4S. The van der Waals surface area contributed by atoms with Gasteiger partial charge in [0.05, 0.1) is 32.7 Å². The number of carbonyl (C=O) groups excluding carboxylic acids is 1. The summed E-state index contributed by atoms with van der Waals surface area (Å²) < 4.78 is 15.8. The van der Waals surface area contributed by atoms with Crippen LogP contribution in [0.15, 0.2) is 41.8 Å². The molecule has 28 heavy (non-hydrogen) atoms. The lowest BCUT2D eigenvalue weighted by molar-refractivity contribution is 0.102. The molecule has 0 fully saturated rings. The molecule has 9 heteroatoms. The summed E-state index contributed by atoms with van der Waals surface area (Å²) in [6, 6.07) is 10.4. The lowest BCUT2D eigenvalue weighted by Crippen LogP contribution is -2.13. The summed E-state index contributed by atoms with van der Waals surface area (Å²) in [4.78, 5) is 16.9. The molecule has 0 bridgehead atoms. The molecule has 0 aliphatic carbocycles. The van der Waals surface area contributed by atoms with Gasteiger partial charge in [0, 0.05) is 16.5 Å². The number of hydrogen-bond donors (Lipinski definition) is 2. The van der Waals surface area contributed by atoms with Crippen LogP contribution < -0.4 is 24.8 Å². The summed E-state index contributed by atoms with van der Waals surface area (Å²) >= 11 is 7.29. The highest BCUT2D eigenvalue weighted by atomic mass is 35.5. The smallest absolute Gasteiger partial charge is 0.275 e. The van der Waals surface area contributed by atoms with Crippen LogP contribution in [0.1, 0.15) is 10.5 Å². The predicted molar refractivity (Wildman–Crippen MR) is 111 cm³/mol. The third-order valence-electron chi connectivity index (χ3n) is 3.80. The summed E-state index contributed by atoms with van der Waals surface area (Å²) in [6.45, 7) is 0. The molecular weight excluding hydrogens is 402 g/mol. The van der Waals surface area contributed by atoms with Gasteiger partial charge in [-0.05, 0) is 30.3 Å². The monoisotopic (exact) mass is 419 g/mol. The van der Waals surface area contributed by atoms with Crippen LogP contribution in [0.3, 0.4) is 0 Å². The Hall–Kier alpha value is -2.97. The number of nitrogens with one attached hydrogen (secondary N) is 2. The molecule has 3 aromatic rings. The fourth-order valence-corrected chi connectivity index (χ4v) is 3.29. The summed E-state index contributed by atoms with van der Waals surface area (Å²) in [7, 11) is 4.67. The van der Waals surface area contributed by atoms with E-state index >= 15 is 0 Å². The minimum absolute atomic E-state index is 0.266. The molecule has 2 aromatic carbocycles. The Balaban J connectivity index is 1.75. The zero-order valence-corrected chi connectivity index (χ0v) is 17.0. The van der Waals surface area contributed by atoms with E-state index in [2.05, 4.69) is 15.6 Å². The molecule has 0 spiro atoms. The maximum absolute atomic E-state index is 12.5. The van der Waals surface area contributed by atoms with Crippen LogP contribution >= 0.6 is 22.9 Å². The fraction of sp³-hybridized carbons (Fsp3) is 0.158. The van der Waals surface area contributed by atoms with Gasteiger partial charge in [-0.3, -0.25) is 4.79 Å². The predicted octanol–water partition coefficient (Wildman–Crippen LogP) is 4.82. The first-order valence-electron chi connectivity index (χ1n) is 8.13. The SMILES string of the molecule is COc1ccc(Nc2nc(C(=O)Nc3cc(Cl)ccc3OC)cs2)c(OC)c1. The lowest BCUT2D eigenvalue weighted by Gasteiger charge is -2.10. The Morgan fingerprint density at radius 3 is 2.50 bits per heavy atom. The Bertz CT molecular complexity index is 993. The first-order valence-corrected chi connectivity index (χ1v) is 9.39. The van der Waals surface area contributed by atoms with Crippen molar-refractivity contribution < 1.29 is 19.0 Å². The maximum Gasteiger partial charge on any atom is 0.275 e. The second-order valence-electron chi connectivity index (χ2n) is 5.53. The van der Waals surface area contributed by atoms with Crippen molar-refractivity contribution in [3.8, 4) is 17.2 Å². The highest BCUT2D eigenvalue weighted by molar-refractivity contribution is 7.14. The van der Waals surface area contributed by atoms with Crippen LogP contribution in [0.2, 0.25) is 5.02 Å². The van der Waals surface area contributed by atoms with Gasteiger partial charge in [0.1, 0.15) is 22.9 Å². The number of ether oxygens (including phenoxy) is 3. The first kappa shape index (κ1) is 19.8. The van der Waals surface area contributed by atoms with Crippen molar-refractivity contribution in [1.29, 1.82) is 0 Å². The molecule has 7 nitrogen and oxygen atoms in total. The summed E-state index contributed by atoms with van der Waals surface area (Å²) in [5.74, 6) is 1.42. The summed E-state index contributed by atoms with van der Waals surface area (Å²) in [6.07, 6.45) is 0. The molecule has 3 rings (SSSR count). The van der Waals surface area contributed by atoms with Crippen LogP contribution in [-0.2, 0) is 0 Å². The van der Waals surface area contributed by atoms with Gasteiger partial charge in [-0.15, -0.1) is 11.3 Å². The standard InChI is InChI=1S/C19H18ClN3O4S/c1-25-12-5-6-13(17(9-12)27-3)22-19-23-15(10-28-19)18(24)21-14-8-11(20)4-7-16(14)26-2/h4-10H,1-3H3,(H,21,24)(H,22,23). The number of thiazole rings is 1. The number of halogens is 1. The van der Waals surface area contributed by atoms with Crippen molar-refractivity contribution in [3.63, 3.8) is 0 Å². The minimum Gasteiger partial charge on any atom is -0.497 e. The number of anilines is 3. The Morgan fingerprint density at radius 2 is 1.79 bits per heavy atom. The molecule has 0 aliphatic rings. The highest BCUT2D eigenvalue weighted by Gasteiger charge is 2.15. The van der Waals surface area contributed by atoms with E-state index in [4.69, 9.17) is 25.8 Å². The molecule has 1 amide bonds. The zero-order valence-electron chi connectivity index (χ0n) is 15.4. The molecule has 0 atom stereocenters. The number of hydrogen-bond acceptors (Lipinski definition) is 7. The average Bonchev–Trinajstić information content (AvgIpc) is 3.17. The van der Waals surface area contributed by atoms with Gasteiger partial charge in [-0.25, -0.2) is 4.98 Å². The molecule has 1 heterocycles. The normalized spacial score (nSPS) is 10.3. The van der Waals surface area contributed by atoms with Crippen LogP contribution in [0.25, 0.3) is 0 Å². The third kappa shape index (κ3) is 4.47. The van der Waals surface area contributed by atoms with E-state index in [-0.39, 0.29) is 11.6 Å². The second kappa shape index (κ2) is 8.81. The fourth-order valence-electron chi connectivity index (χ4n) is 2.42. The largest absolute Gasteiger partial charge is 0.497 e. The molecule has 0 saturated heterocycles. The zero-order chi connectivity index (χ0) is 20.1. The van der Waals surface area contributed by atoms with Crippen molar-refractivity contribution in [3.05, 3.63) is 52.5 Å². The number of amides is 1. The molecule has 0 saturated carbocycles. The summed E-state index contributed by atoms with van der Waals surface area (Å²) in [5.41, 5.74) is 1.45. The van der Waals surface area contributed by atoms with E-state index in [9.17, 15) is 4.79 Å². The van der Waals surface area contributed by atoms with E-state index in [1.165, 1.54) is 18.4 Å². The van der Waals surface area contributed by atoms with Crippen LogP contribution in [0, 0.1) is 0 Å². The van der Waals surface area contributed by atoms with Gasteiger partial charge in [-0.2, -0.15) is 0 Å². The Kier molecular flexibility index (Phi) is 6.23. The van der Waals surface area contributed by atoms with Gasteiger partial charge >= 0.3 is 0 Å². The van der Waals surface area contributed by atoms with Crippen LogP contribution in [0.5, 0.6) is 17.2 Å². The summed E-state index contributed by atoms with van der Waals surface area (Å²) in [5, 5.41) is 8.60. The van der Waals surface area contributed by atoms with Crippen molar-refractivity contribution in [2.24, 2.45) is 0 Å². The van der Waals surface area contributed by atoms with Crippen molar-refractivity contribution in [1.82, 2.24) is 4.98 Å². The molecule has 146 valence electrons. The molecule has 2 N–H and O–H groups in total. The van der Waals surface area contributed by atoms with Crippen LogP contribution in [0.4, 0.5) is 16.5 Å². The third-order valence-corrected chi connectivity index (χ3v) is 4.79. The number of methoxy groups -OCH3 is 3. The number of nitrogens with zero attached hydrogens (tertiary/aromatic N) is 1. The Morgan fingerprint density at radius 1 is 1.00 bits per heavy atom. The molecule has 0 unspecified atom stereocenters. The van der Waals surface area contributed by atoms with E-state index < -0.39 is 0 Å². The van der Waals surface area contributed by atoms with Crippen LogP contribution in [-0.4, -0.2) is 32.2 Å². The van der Waals surface area contributed by atoms with Gasteiger partial charge in [-0.1, -0.05) is 11.6 Å². The number of benzene rings is 2. The molecule has 1 aromatic heterocycles. The number of carbonyl (C=O) groups is 1. The van der Waals surface area contributed by atoms with Crippen molar-refractivity contribution >= 4 is 45.4 Å². The van der Waals surface area contributed by atoms with Crippen molar-refractivity contribution in [2.45, 2.75) is 0 Å². The van der Waals surface area contributed by atoms with E-state index in [1.54, 1.807) is 49.9 Å². The van der Waals surface area contributed by atoms with E-state index in [0.29, 0.717) is 38.8 Å². The first-order chi connectivity index (χ1) is 13.5. The second-order valence-corrected chi connectivity index (χ2v) is 6.82. The van der Waals surface area contributed by atoms with Crippen molar-refractivity contribution in [2.75, 3.05) is 32.0 Å². The van der Waals surface area contributed by atoms with E-state index in [0.717, 1.165) is 0 Å². The molecule has 0 aliphatic heterocycles. The van der Waals surface area contributed by atoms with Gasteiger partial charge < -0.3 is 24.8 Å². The maximum atomic E-state index is 12.5. The lowest BCUT2D eigenvalue weighted by atomic mass is 10.2. The van der Waals surface area contributed by atoms with Gasteiger partial charge in [0.25, 0.3) is 5.91 Å². The van der Waals surface area contributed by atoms with Gasteiger partial charge in [0.2, 0.25) is 0 Å². The highest BCUT2D eigenvalue weighted by Crippen LogP contribution is 2.33. The number of aromatic nitrogens is 1. The Labute approximate surface area is 171 Å². The van der Waals surface area contributed by atoms with Gasteiger partial charge in [0.15, 0.2) is 5.13 Å².